The fourth-order valence-electron chi connectivity index (χ4n) is 3.54. The maximum atomic E-state index is 6.79. The van der Waals surface area contributed by atoms with Crippen molar-refractivity contribution >= 4 is 21.6 Å². The smallest absolute Gasteiger partial charge is 0.124 e. The molecule has 112 valence electrons. The molecule has 4 rings (SSSR count). The zero-order valence-electron chi connectivity index (χ0n) is 12.6. The first-order valence-corrected chi connectivity index (χ1v) is 8.82. The number of para-hydroxylation sites is 1. The van der Waals surface area contributed by atoms with Gasteiger partial charge in [-0.05, 0) is 30.5 Å². The van der Waals surface area contributed by atoms with Crippen molar-refractivity contribution < 1.29 is 0 Å². The van der Waals surface area contributed by atoms with Crippen molar-refractivity contribution in [1.82, 2.24) is 4.98 Å². The fourth-order valence-corrected chi connectivity index (χ4v) is 4.55. The molecule has 1 saturated carbocycles. The van der Waals surface area contributed by atoms with E-state index < -0.39 is 0 Å². The highest BCUT2D eigenvalue weighted by Crippen LogP contribution is 2.41. The molecule has 1 fully saturated rings. The van der Waals surface area contributed by atoms with Gasteiger partial charge in [-0.3, -0.25) is 0 Å². The third kappa shape index (κ3) is 2.34. The highest BCUT2D eigenvalue weighted by atomic mass is 32.1. The highest BCUT2D eigenvalue weighted by Gasteiger charge is 2.32. The van der Waals surface area contributed by atoms with Gasteiger partial charge in [-0.25, -0.2) is 4.98 Å². The Hall–Kier alpha value is -1.71. The van der Waals surface area contributed by atoms with Crippen LogP contribution in [-0.2, 0) is 5.54 Å². The van der Waals surface area contributed by atoms with Crippen molar-refractivity contribution in [2.24, 2.45) is 5.73 Å². The topological polar surface area (TPSA) is 38.9 Å². The first-order chi connectivity index (χ1) is 10.8. The molecule has 0 spiro atoms. The Morgan fingerprint density at radius 1 is 0.909 bits per heavy atom. The Morgan fingerprint density at radius 3 is 2.45 bits per heavy atom. The quantitative estimate of drug-likeness (QED) is 0.717. The van der Waals surface area contributed by atoms with Gasteiger partial charge in [0.25, 0.3) is 0 Å². The molecule has 0 amide bonds. The SMILES string of the molecule is NC1(c2ccccc2-c2nc3ccccc3s2)CCCCC1. The Morgan fingerprint density at radius 2 is 1.64 bits per heavy atom. The zero-order chi connectivity index (χ0) is 15.0. The van der Waals surface area contributed by atoms with Crippen molar-refractivity contribution in [3.8, 4) is 10.6 Å². The van der Waals surface area contributed by atoms with Crippen molar-refractivity contribution in [2.75, 3.05) is 0 Å². The third-order valence-electron chi connectivity index (χ3n) is 4.73. The summed E-state index contributed by atoms with van der Waals surface area (Å²) < 4.78 is 1.24. The second kappa shape index (κ2) is 5.49. The molecular weight excluding hydrogens is 288 g/mol. The second-order valence-electron chi connectivity index (χ2n) is 6.25. The van der Waals surface area contributed by atoms with Crippen LogP contribution in [0.15, 0.2) is 48.5 Å². The van der Waals surface area contributed by atoms with Gasteiger partial charge in [0.05, 0.1) is 10.2 Å². The average molecular weight is 308 g/mol. The van der Waals surface area contributed by atoms with Crippen molar-refractivity contribution in [1.29, 1.82) is 0 Å². The number of benzene rings is 2. The van der Waals surface area contributed by atoms with Crippen molar-refractivity contribution in [3.05, 3.63) is 54.1 Å². The summed E-state index contributed by atoms with van der Waals surface area (Å²) in [4.78, 5) is 4.83. The Labute approximate surface area is 135 Å². The molecule has 1 aromatic heterocycles. The molecule has 2 nitrogen and oxygen atoms in total. The molecular formula is C19H20N2S. The van der Waals surface area contributed by atoms with Crippen molar-refractivity contribution in [3.63, 3.8) is 0 Å². The number of hydrogen-bond donors (Lipinski definition) is 1. The van der Waals surface area contributed by atoms with E-state index in [9.17, 15) is 0 Å². The van der Waals surface area contributed by atoms with Crippen LogP contribution in [-0.4, -0.2) is 4.98 Å². The lowest BCUT2D eigenvalue weighted by molar-refractivity contribution is 0.303. The zero-order valence-corrected chi connectivity index (χ0v) is 13.4. The minimum Gasteiger partial charge on any atom is -0.321 e. The first kappa shape index (κ1) is 13.9. The van der Waals surface area contributed by atoms with Gasteiger partial charge in [0.1, 0.15) is 5.01 Å². The number of nitrogens with zero attached hydrogens (tertiary/aromatic N) is 1. The molecule has 1 heterocycles. The lowest BCUT2D eigenvalue weighted by Gasteiger charge is -2.35. The van der Waals surface area contributed by atoms with Crippen LogP contribution in [0.4, 0.5) is 0 Å². The van der Waals surface area contributed by atoms with E-state index in [1.165, 1.54) is 35.1 Å². The molecule has 0 unspecified atom stereocenters. The number of thiazole rings is 1. The maximum Gasteiger partial charge on any atom is 0.124 e. The van der Waals surface area contributed by atoms with E-state index in [4.69, 9.17) is 10.7 Å². The van der Waals surface area contributed by atoms with Gasteiger partial charge in [-0.2, -0.15) is 0 Å². The summed E-state index contributed by atoms with van der Waals surface area (Å²) in [5, 5.41) is 1.09. The molecule has 2 N–H and O–H groups in total. The van der Waals surface area contributed by atoms with Crippen LogP contribution in [0, 0.1) is 0 Å². The number of hydrogen-bond acceptors (Lipinski definition) is 3. The summed E-state index contributed by atoms with van der Waals surface area (Å²) >= 11 is 1.76. The molecule has 1 aliphatic rings. The normalized spacial score (nSPS) is 17.7. The Balaban J connectivity index is 1.85. The average Bonchev–Trinajstić information content (AvgIpc) is 2.99. The third-order valence-corrected chi connectivity index (χ3v) is 5.80. The van der Waals surface area contributed by atoms with Gasteiger partial charge in [0, 0.05) is 11.1 Å². The number of nitrogens with two attached hydrogens (primary N) is 1. The molecule has 0 atom stereocenters. The summed E-state index contributed by atoms with van der Waals surface area (Å²) in [6.07, 6.45) is 5.92. The van der Waals surface area contributed by atoms with Gasteiger partial charge in [0.2, 0.25) is 0 Å². The lowest BCUT2D eigenvalue weighted by Crippen LogP contribution is -2.39. The fraction of sp³-hybridized carbons (Fsp3) is 0.316. The summed E-state index contributed by atoms with van der Waals surface area (Å²) in [6.45, 7) is 0. The summed E-state index contributed by atoms with van der Waals surface area (Å²) in [5.74, 6) is 0. The summed E-state index contributed by atoms with van der Waals surface area (Å²) in [7, 11) is 0. The number of rotatable bonds is 2. The Bertz CT molecular complexity index is 767. The van der Waals surface area contributed by atoms with Crippen LogP contribution >= 0.6 is 11.3 Å². The predicted octanol–water partition coefficient (Wildman–Crippen LogP) is 5.08. The molecule has 1 aliphatic carbocycles. The van der Waals surface area contributed by atoms with Crippen molar-refractivity contribution in [2.45, 2.75) is 37.6 Å². The number of aromatic nitrogens is 1. The number of fused-ring (bicyclic) bond motifs is 1. The Kier molecular flexibility index (Phi) is 3.47. The monoisotopic (exact) mass is 308 g/mol. The van der Waals surface area contributed by atoms with E-state index in [-0.39, 0.29) is 5.54 Å². The molecule has 0 saturated heterocycles. The molecule has 3 aromatic rings. The van der Waals surface area contributed by atoms with Crippen LogP contribution in [0.2, 0.25) is 0 Å². The van der Waals surface area contributed by atoms with Gasteiger partial charge in [-0.15, -0.1) is 11.3 Å². The van der Waals surface area contributed by atoms with Gasteiger partial charge in [0.15, 0.2) is 0 Å². The van der Waals surface area contributed by atoms with Gasteiger partial charge >= 0.3 is 0 Å². The molecule has 2 aromatic carbocycles. The molecule has 0 aliphatic heterocycles. The van der Waals surface area contributed by atoms with E-state index in [0.717, 1.165) is 23.4 Å². The first-order valence-electron chi connectivity index (χ1n) is 8.01. The van der Waals surface area contributed by atoms with E-state index >= 15 is 0 Å². The summed E-state index contributed by atoms with van der Waals surface area (Å²) in [6, 6.07) is 16.9. The van der Waals surface area contributed by atoms with E-state index in [0.29, 0.717) is 0 Å². The molecule has 3 heteroatoms. The van der Waals surface area contributed by atoms with Crippen LogP contribution in [0.1, 0.15) is 37.7 Å². The minimum atomic E-state index is -0.188. The molecule has 0 radical (unpaired) electrons. The van der Waals surface area contributed by atoms with Crippen LogP contribution < -0.4 is 5.73 Å². The minimum absolute atomic E-state index is 0.188. The van der Waals surface area contributed by atoms with E-state index in [2.05, 4.69) is 42.5 Å². The predicted molar refractivity (Wildman–Crippen MR) is 94.0 cm³/mol. The van der Waals surface area contributed by atoms with Gasteiger partial charge in [-0.1, -0.05) is 55.7 Å². The largest absolute Gasteiger partial charge is 0.321 e. The van der Waals surface area contributed by atoms with Crippen LogP contribution in [0.3, 0.4) is 0 Å². The second-order valence-corrected chi connectivity index (χ2v) is 7.28. The van der Waals surface area contributed by atoms with E-state index in [1.807, 2.05) is 6.07 Å². The maximum absolute atomic E-state index is 6.79. The molecule has 22 heavy (non-hydrogen) atoms. The molecule has 0 bridgehead atoms. The van der Waals surface area contributed by atoms with Gasteiger partial charge < -0.3 is 5.73 Å². The van der Waals surface area contributed by atoms with Crippen LogP contribution in [0.5, 0.6) is 0 Å². The summed E-state index contributed by atoms with van der Waals surface area (Å²) in [5.41, 5.74) is 10.2. The standard InChI is InChI=1S/C19H20N2S/c20-19(12-6-1-7-13-19)15-9-3-2-8-14(15)18-21-16-10-4-5-11-17(16)22-18/h2-5,8-11H,1,6-7,12-13,20H2. The van der Waals surface area contributed by atoms with Crippen LogP contribution in [0.25, 0.3) is 20.8 Å². The lowest BCUT2D eigenvalue weighted by atomic mass is 9.76. The highest BCUT2D eigenvalue weighted by molar-refractivity contribution is 7.21. The van der Waals surface area contributed by atoms with E-state index in [1.54, 1.807) is 11.3 Å².